The van der Waals surface area contributed by atoms with E-state index in [4.69, 9.17) is 9.47 Å². The monoisotopic (exact) mass is 537 g/mol. The Morgan fingerprint density at radius 3 is 2.71 bits per heavy atom. The average Bonchev–Trinajstić information content (AvgIpc) is 3.57. The zero-order chi connectivity index (χ0) is 28.7. The first-order valence-electron chi connectivity index (χ1n) is 13.6. The van der Waals surface area contributed by atoms with Crippen molar-refractivity contribution in [2.24, 2.45) is 5.92 Å². The van der Waals surface area contributed by atoms with Gasteiger partial charge < -0.3 is 35.2 Å². The Kier molecular flexibility index (Phi) is 11.7. The Hall–Kier alpha value is -2.04. The number of amides is 1. The number of rotatable bonds is 9. The van der Waals surface area contributed by atoms with Gasteiger partial charge in [0, 0.05) is 19.3 Å². The van der Waals surface area contributed by atoms with Gasteiger partial charge in [0.25, 0.3) is 0 Å². The minimum atomic E-state index is -1.40. The number of aliphatic hydroxyl groups is 4. The van der Waals surface area contributed by atoms with Gasteiger partial charge in [0.1, 0.15) is 11.7 Å². The van der Waals surface area contributed by atoms with E-state index in [0.29, 0.717) is 19.3 Å². The van der Waals surface area contributed by atoms with Crippen LogP contribution in [0.2, 0.25) is 0 Å². The van der Waals surface area contributed by atoms with Crippen molar-refractivity contribution < 1.29 is 39.5 Å². The second-order valence-corrected chi connectivity index (χ2v) is 11.4. The molecule has 9 unspecified atom stereocenters. The molecule has 0 aromatic heterocycles. The molecule has 2 aliphatic heterocycles. The highest BCUT2D eigenvalue weighted by Gasteiger charge is 2.47. The van der Waals surface area contributed by atoms with Crippen LogP contribution in [0.3, 0.4) is 0 Å². The number of allylic oxidation sites excluding steroid dienone is 2. The molecule has 2 rings (SSSR count). The summed E-state index contributed by atoms with van der Waals surface area (Å²) < 4.78 is 11.0. The number of hydrogen-bond donors (Lipinski definition) is 5. The summed E-state index contributed by atoms with van der Waals surface area (Å²) in [7, 11) is 0. The van der Waals surface area contributed by atoms with Crippen LogP contribution in [0.1, 0.15) is 80.1 Å². The van der Waals surface area contributed by atoms with Crippen LogP contribution in [0.4, 0.5) is 0 Å². The van der Waals surface area contributed by atoms with Crippen molar-refractivity contribution >= 4 is 11.9 Å². The van der Waals surface area contributed by atoms with E-state index in [1.54, 1.807) is 38.2 Å². The van der Waals surface area contributed by atoms with Gasteiger partial charge in [0.2, 0.25) is 5.91 Å². The predicted molar refractivity (Wildman–Crippen MR) is 144 cm³/mol. The molecule has 1 amide bonds. The van der Waals surface area contributed by atoms with Crippen molar-refractivity contribution in [1.29, 1.82) is 0 Å². The van der Waals surface area contributed by atoms with Gasteiger partial charge in [-0.05, 0) is 52.5 Å². The van der Waals surface area contributed by atoms with Gasteiger partial charge in [0.05, 0.1) is 42.5 Å². The Balaban J connectivity index is 2.11. The lowest BCUT2D eigenvalue weighted by atomic mass is 9.89. The molecule has 9 atom stereocenters. The van der Waals surface area contributed by atoms with E-state index in [1.165, 1.54) is 6.92 Å². The van der Waals surface area contributed by atoms with E-state index < -0.39 is 41.5 Å². The molecule has 0 bridgehead atoms. The van der Waals surface area contributed by atoms with Gasteiger partial charge in [-0.25, -0.2) is 0 Å². The van der Waals surface area contributed by atoms with E-state index in [-0.39, 0.29) is 43.3 Å². The first-order valence-corrected chi connectivity index (χ1v) is 13.6. The molecular weight excluding hydrogens is 490 g/mol. The quantitative estimate of drug-likeness (QED) is 0.130. The number of nitrogens with one attached hydrogen (secondary N) is 1. The highest BCUT2D eigenvalue weighted by atomic mass is 16.6. The minimum Gasteiger partial charge on any atom is -0.455 e. The molecule has 1 fully saturated rings. The number of carbonyl (C=O) groups is 2. The van der Waals surface area contributed by atoms with Gasteiger partial charge >= 0.3 is 5.97 Å². The van der Waals surface area contributed by atoms with Gasteiger partial charge in [0.15, 0.2) is 0 Å². The SMILES string of the molecule is CCC(O)C(C)C1OC1CC(C)(O)/C=C/C=C(\C)C1C/C=C/C(OC(C)=O)C(C)(O)CCC(O)CC(=O)N1. The van der Waals surface area contributed by atoms with Crippen molar-refractivity contribution in [2.45, 2.75) is 128 Å². The normalized spacial score (nSPS) is 35.3. The Morgan fingerprint density at radius 2 is 2.08 bits per heavy atom. The molecule has 0 aromatic carbocycles. The first-order chi connectivity index (χ1) is 17.6. The third kappa shape index (κ3) is 10.3. The number of carbonyl (C=O) groups excluding carboxylic acids is 2. The van der Waals surface area contributed by atoms with E-state index >= 15 is 0 Å². The van der Waals surface area contributed by atoms with Gasteiger partial charge in [-0.15, -0.1) is 0 Å². The summed E-state index contributed by atoms with van der Waals surface area (Å²) in [6.45, 7) is 10.3. The maximum Gasteiger partial charge on any atom is 0.303 e. The van der Waals surface area contributed by atoms with E-state index in [2.05, 4.69) is 5.32 Å². The van der Waals surface area contributed by atoms with Crippen molar-refractivity contribution in [3.05, 3.63) is 36.0 Å². The highest BCUT2D eigenvalue weighted by Crippen LogP contribution is 2.37. The Bertz CT molecular complexity index is 893. The van der Waals surface area contributed by atoms with Crippen LogP contribution in [0, 0.1) is 5.92 Å². The fourth-order valence-electron chi connectivity index (χ4n) is 4.79. The smallest absolute Gasteiger partial charge is 0.303 e. The number of epoxide rings is 1. The molecule has 2 heterocycles. The van der Waals surface area contributed by atoms with E-state index in [9.17, 15) is 30.0 Å². The van der Waals surface area contributed by atoms with Crippen LogP contribution in [-0.4, -0.2) is 80.1 Å². The van der Waals surface area contributed by atoms with Crippen LogP contribution in [0.5, 0.6) is 0 Å². The molecular formula is C29H47NO8. The molecule has 9 nitrogen and oxygen atoms in total. The van der Waals surface area contributed by atoms with E-state index in [1.807, 2.05) is 26.8 Å². The lowest BCUT2D eigenvalue weighted by Crippen LogP contribution is -2.43. The van der Waals surface area contributed by atoms with Crippen LogP contribution in [0.15, 0.2) is 36.0 Å². The molecule has 9 heteroatoms. The fourth-order valence-corrected chi connectivity index (χ4v) is 4.79. The predicted octanol–water partition coefficient (Wildman–Crippen LogP) is 2.46. The zero-order valence-electron chi connectivity index (χ0n) is 23.6. The lowest BCUT2D eigenvalue weighted by Gasteiger charge is -2.31. The second kappa shape index (κ2) is 13.8. The maximum atomic E-state index is 12.6. The molecule has 0 saturated carbocycles. The van der Waals surface area contributed by atoms with Gasteiger partial charge in [-0.2, -0.15) is 0 Å². The summed E-state index contributed by atoms with van der Waals surface area (Å²) in [5.74, 6) is -0.825. The van der Waals surface area contributed by atoms with Crippen LogP contribution < -0.4 is 5.32 Å². The number of hydrogen-bond acceptors (Lipinski definition) is 8. The molecule has 0 aromatic rings. The van der Waals surface area contributed by atoms with Crippen molar-refractivity contribution in [2.75, 3.05) is 0 Å². The molecule has 5 N–H and O–H groups in total. The van der Waals surface area contributed by atoms with Gasteiger partial charge in [-0.3, -0.25) is 9.59 Å². The van der Waals surface area contributed by atoms with Crippen molar-refractivity contribution in [1.82, 2.24) is 5.32 Å². The summed E-state index contributed by atoms with van der Waals surface area (Å²) in [5.41, 5.74) is -1.70. The zero-order valence-corrected chi connectivity index (χ0v) is 23.6. The minimum absolute atomic E-state index is 0.00680. The van der Waals surface area contributed by atoms with E-state index in [0.717, 1.165) is 5.57 Å². The summed E-state index contributed by atoms with van der Waals surface area (Å²) in [4.78, 5) is 24.2. The number of esters is 1. The van der Waals surface area contributed by atoms with Crippen molar-refractivity contribution in [3.8, 4) is 0 Å². The first kappa shape index (κ1) is 32.2. The third-order valence-electron chi connectivity index (χ3n) is 7.47. The molecule has 0 spiro atoms. The Morgan fingerprint density at radius 1 is 1.39 bits per heavy atom. The average molecular weight is 538 g/mol. The lowest BCUT2D eigenvalue weighted by molar-refractivity contribution is -0.156. The van der Waals surface area contributed by atoms with Crippen LogP contribution in [0.25, 0.3) is 0 Å². The number of aliphatic hydroxyl groups excluding tert-OH is 2. The third-order valence-corrected chi connectivity index (χ3v) is 7.47. The topological polar surface area (TPSA) is 149 Å². The molecule has 1 saturated heterocycles. The maximum absolute atomic E-state index is 12.6. The molecule has 38 heavy (non-hydrogen) atoms. The molecule has 0 radical (unpaired) electrons. The summed E-state index contributed by atoms with van der Waals surface area (Å²) in [5, 5.41) is 45.0. The summed E-state index contributed by atoms with van der Waals surface area (Å²) in [6, 6.07) is -0.407. The second-order valence-electron chi connectivity index (χ2n) is 11.4. The summed E-state index contributed by atoms with van der Waals surface area (Å²) in [6.07, 6.45) is 7.82. The molecule has 216 valence electrons. The number of ether oxygens (including phenoxy) is 2. The standard InChI is InChI=1S/C29H47NO8/c1-7-23(33)19(3)27-24(38-27)17-28(5,35)14-9-10-18(2)22-11-8-12-25(37-20(4)31)29(6,36)15-13-21(32)16-26(34)30-22/h8-10,12,14,19,21-25,27,32-33,35-36H,7,11,13,15-17H2,1-6H3,(H,30,34)/b12-8+,14-9+,18-10+. The molecule has 2 aliphatic rings. The van der Waals surface area contributed by atoms with Crippen LogP contribution in [-0.2, 0) is 19.1 Å². The fraction of sp³-hybridized carbons (Fsp3) is 0.724. The highest BCUT2D eigenvalue weighted by molar-refractivity contribution is 5.77. The Labute approximate surface area is 226 Å². The largest absolute Gasteiger partial charge is 0.455 e. The molecule has 0 aliphatic carbocycles. The van der Waals surface area contributed by atoms with Crippen molar-refractivity contribution in [3.63, 3.8) is 0 Å². The van der Waals surface area contributed by atoms with Crippen LogP contribution >= 0.6 is 0 Å². The summed E-state index contributed by atoms with van der Waals surface area (Å²) >= 11 is 0. The van der Waals surface area contributed by atoms with Gasteiger partial charge in [-0.1, -0.05) is 43.7 Å².